The van der Waals surface area contributed by atoms with E-state index in [9.17, 15) is 13.2 Å². The molecule has 1 atom stereocenters. The number of amides is 1. The number of benzene rings is 2. The summed E-state index contributed by atoms with van der Waals surface area (Å²) in [5.41, 5.74) is 2.74. The summed E-state index contributed by atoms with van der Waals surface area (Å²) < 4.78 is 34.1. The van der Waals surface area contributed by atoms with Crippen LogP contribution < -0.4 is 5.32 Å². The van der Waals surface area contributed by atoms with E-state index in [0.29, 0.717) is 45.1 Å². The van der Waals surface area contributed by atoms with Gasteiger partial charge >= 0.3 is 0 Å². The van der Waals surface area contributed by atoms with Gasteiger partial charge in [0.1, 0.15) is 0 Å². The standard InChI is InChI=1S/C25H31N5O4S/c1-20(28(2)17-22-16-26-29(19-22)18-21-6-4-3-5-7-21)25(31)27-23-8-10-24(11-9-23)35(32,33)30-12-14-34-15-13-30/h3-11,16,19-20H,12-15,17-18H2,1-2H3,(H,27,31). The second-order valence-electron chi connectivity index (χ2n) is 8.65. The third-order valence-electron chi connectivity index (χ3n) is 6.08. The molecule has 186 valence electrons. The van der Waals surface area contributed by atoms with E-state index >= 15 is 0 Å². The molecule has 0 aliphatic carbocycles. The van der Waals surface area contributed by atoms with Gasteiger partial charge in [-0.3, -0.25) is 14.4 Å². The molecular weight excluding hydrogens is 466 g/mol. The Bertz CT molecular complexity index is 1220. The van der Waals surface area contributed by atoms with Crippen LogP contribution >= 0.6 is 0 Å². The molecule has 1 amide bonds. The predicted octanol–water partition coefficient (Wildman–Crippen LogP) is 2.41. The summed E-state index contributed by atoms with van der Waals surface area (Å²) in [4.78, 5) is 15.0. The minimum absolute atomic E-state index is 0.173. The van der Waals surface area contributed by atoms with Crippen molar-refractivity contribution in [3.8, 4) is 0 Å². The van der Waals surface area contributed by atoms with Gasteiger partial charge in [0.05, 0.1) is 36.9 Å². The second kappa shape index (κ2) is 11.1. The van der Waals surface area contributed by atoms with Gasteiger partial charge < -0.3 is 10.1 Å². The monoisotopic (exact) mass is 497 g/mol. The van der Waals surface area contributed by atoms with Crippen LogP contribution in [0.5, 0.6) is 0 Å². The van der Waals surface area contributed by atoms with Gasteiger partial charge in [0.25, 0.3) is 0 Å². The molecule has 1 N–H and O–H groups in total. The van der Waals surface area contributed by atoms with E-state index in [1.54, 1.807) is 12.1 Å². The van der Waals surface area contributed by atoms with Gasteiger partial charge in [0.2, 0.25) is 15.9 Å². The molecule has 35 heavy (non-hydrogen) atoms. The molecule has 1 saturated heterocycles. The molecule has 10 heteroatoms. The number of anilines is 1. The van der Waals surface area contributed by atoms with Crippen LogP contribution in [0.1, 0.15) is 18.1 Å². The smallest absolute Gasteiger partial charge is 0.243 e. The van der Waals surface area contributed by atoms with E-state index in [2.05, 4.69) is 22.5 Å². The summed E-state index contributed by atoms with van der Waals surface area (Å²) in [5.74, 6) is -0.173. The summed E-state index contributed by atoms with van der Waals surface area (Å²) in [7, 11) is -1.68. The van der Waals surface area contributed by atoms with Crippen LogP contribution in [-0.4, -0.2) is 72.7 Å². The Morgan fingerprint density at radius 2 is 1.77 bits per heavy atom. The maximum Gasteiger partial charge on any atom is 0.243 e. The van der Waals surface area contributed by atoms with Crippen molar-refractivity contribution in [2.75, 3.05) is 38.7 Å². The largest absolute Gasteiger partial charge is 0.379 e. The van der Waals surface area contributed by atoms with E-state index in [-0.39, 0.29) is 10.8 Å². The van der Waals surface area contributed by atoms with Gasteiger partial charge in [-0.05, 0) is 43.8 Å². The van der Waals surface area contributed by atoms with E-state index in [1.165, 1.54) is 22.0 Å². The number of carbonyl (C=O) groups excluding carboxylic acids is 1. The van der Waals surface area contributed by atoms with Crippen LogP contribution in [0.3, 0.4) is 0 Å². The molecule has 3 aromatic rings. The van der Waals surface area contributed by atoms with Crippen LogP contribution in [0.15, 0.2) is 71.9 Å². The van der Waals surface area contributed by atoms with Gasteiger partial charge in [-0.1, -0.05) is 30.3 Å². The van der Waals surface area contributed by atoms with Crippen LogP contribution in [0.2, 0.25) is 0 Å². The molecule has 1 aliphatic heterocycles. The lowest BCUT2D eigenvalue weighted by Crippen LogP contribution is -2.40. The highest BCUT2D eigenvalue weighted by Crippen LogP contribution is 2.20. The molecule has 0 radical (unpaired) electrons. The van der Waals surface area contributed by atoms with Crippen molar-refractivity contribution >= 4 is 21.6 Å². The number of hydrogen-bond acceptors (Lipinski definition) is 6. The van der Waals surface area contributed by atoms with Gasteiger partial charge in [0, 0.05) is 37.1 Å². The highest BCUT2D eigenvalue weighted by molar-refractivity contribution is 7.89. The number of nitrogens with zero attached hydrogens (tertiary/aromatic N) is 4. The van der Waals surface area contributed by atoms with Crippen molar-refractivity contribution < 1.29 is 17.9 Å². The van der Waals surface area contributed by atoms with E-state index < -0.39 is 16.1 Å². The van der Waals surface area contributed by atoms with Crippen molar-refractivity contribution in [2.24, 2.45) is 0 Å². The average molecular weight is 498 g/mol. The van der Waals surface area contributed by atoms with E-state index in [1.807, 2.05) is 54.1 Å². The molecule has 2 heterocycles. The lowest BCUT2D eigenvalue weighted by atomic mass is 10.2. The summed E-state index contributed by atoms with van der Waals surface area (Å²) in [6.07, 6.45) is 3.81. The maximum absolute atomic E-state index is 12.8. The Labute approximate surface area is 206 Å². The molecular formula is C25H31N5O4S. The van der Waals surface area contributed by atoms with Crippen LogP contribution in [0.25, 0.3) is 0 Å². The minimum Gasteiger partial charge on any atom is -0.379 e. The maximum atomic E-state index is 12.8. The first-order valence-corrected chi connectivity index (χ1v) is 13.0. The molecule has 4 rings (SSSR count). The highest BCUT2D eigenvalue weighted by Gasteiger charge is 2.26. The third kappa shape index (κ3) is 6.34. The zero-order valence-electron chi connectivity index (χ0n) is 20.0. The number of hydrogen-bond donors (Lipinski definition) is 1. The molecule has 9 nitrogen and oxygen atoms in total. The lowest BCUT2D eigenvalue weighted by Gasteiger charge is -2.26. The SMILES string of the molecule is CC(C(=O)Nc1ccc(S(=O)(=O)N2CCOCC2)cc1)N(C)Cc1cnn(Cc2ccccc2)c1. The Morgan fingerprint density at radius 3 is 2.46 bits per heavy atom. The molecule has 1 fully saturated rings. The molecule has 1 unspecified atom stereocenters. The normalized spacial score (nSPS) is 15.7. The molecule has 1 aromatic heterocycles. The number of rotatable bonds is 9. The Hall–Kier alpha value is -3.05. The fourth-order valence-corrected chi connectivity index (χ4v) is 5.27. The molecule has 1 aliphatic rings. The number of morpholine rings is 1. The average Bonchev–Trinajstić information content (AvgIpc) is 3.31. The van der Waals surface area contributed by atoms with E-state index in [0.717, 1.165) is 5.56 Å². The Morgan fingerprint density at radius 1 is 1.09 bits per heavy atom. The van der Waals surface area contributed by atoms with Crippen LogP contribution in [0.4, 0.5) is 5.69 Å². The lowest BCUT2D eigenvalue weighted by molar-refractivity contribution is -0.120. The van der Waals surface area contributed by atoms with Gasteiger partial charge in [-0.25, -0.2) is 8.42 Å². The van der Waals surface area contributed by atoms with Crippen molar-refractivity contribution in [1.29, 1.82) is 0 Å². The van der Waals surface area contributed by atoms with Gasteiger partial charge in [-0.15, -0.1) is 0 Å². The number of sulfonamides is 1. The zero-order chi connectivity index (χ0) is 24.8. The van der Waals surface area contributed by atoms with Crippen molar-refractivity contribution in [1.82, 2.24) is 19.0 Å². The van der Waals surface area contributed by atoms with Crippen LogP contribution in [-0.2, 0) is 32.6 Å². The number of nitrogens with one attached hydrogen (secondary N) is 1. The predicted molar refractivity (Wildman–Crippen MR) is 133 cm³/mol. The van der Waals surface area contributed by atoms with Gasteiger partial charge in [0.15, 0.2) is 0 Å². The minimum atomic E-state index is -3.57. The zero-order valence-corrected chi connectivity index (χ0v) is 20.8. The summed E-state index contributed by atoms with van der Waals surface area (Å²) >= 11 is 0. The number of carbonyl (C=O) groups is 1. The summed E-state index contributed by atoms with van der Waals surface area (Å²) in [5, 5.41) is 7.30. The quantitative estimate of drug-likeness (QED) is 0.488. The molecule has 2 aromatic carbocycles. The number of ether oxygens (including phenoxy) is 1. The van der Waals surface area contributed by atoms with Crippen molar-refractivity contribution in [3.63, 3.8) is 0 Å². The molecule has 0 spiro atoms. The first-order chi connectivity index (χ1) is 16.8. The third-order valence-corrected chi connectivity index (χ3v) is 7.99. The Balaban J connectivity index is 1.31. The summed E-state index contributed by atoms with van der Waals surface area (Å²) in [6, 6.07) is 16.0. The topological polar surface area (TPSA) is 96.8 Å². The number of aromatic nitrogens is 2. The van der Waals surface area contributed by atoms with E-state index in [4.69, 9.17) is 4.74 Å². The fraction of sp³-hybridized carbons (Fsp3) is 0.360. The first kappa shape index (κ1) is 25.1. The fourth-order valence-electron chi connectivity index (χ4n) is 3.86. The van der Waals surface area contributed by atoms with Gasteiger partial charge in [-0.2, -0.15) is 9.40 Å². The Kier molecular flexibility index (Phi) is 7.97. The first-order valence-electron chi connectivity index (χ1n) is 11.6. The summed E-state index contributed by atoms with van der Waals surface area (Å²) in [6.45, 7) is 4.57. The highest BCUT2D eigenvalue weighted by atomic mass is 32.2. The molecule has 0 saturated carbocycles. The van der Waals surface area contributed by atoms with Crippen molar-refractivity contribution in [2.45, 2.75) is 31.0 Å². The second-order valence-corrected chi connectivity index (χ2v) is 10.6. The van der Waals surface area contributed by atoms with Crippen LogP contribution in [0, 0.1) is 0 Å². The number of likely N-dealkylation sites (N-methyl/N-ethyl adjacent to an activating group) is 1. The van der Waals surface area contributed by atoms with Crippen molar-refractivity contribution in [3.05, 3.63) is 78.1 Å². The molecule has 0 bridgehead atoms.